The highest BCUT2D eigenvalue weighted by Gasteiger charge is 2.22. The Labute approximate surface area is 79.0 Å². The van der Waals surface area contributed by atoms with Gasteiger partial charge >= 0.3 is 0 Å². The van der Waals surface area contributed by atoms with Crippen molar-refractivity contribution in [3.8, 4) is 0 Å². The number of fused-ring (bicyclic) bond motifs is 1. The Hall–Kier alpha value is -1.09. The minimum atomic E-state index is -1.32. The first-order valence-electron chi connectivity index (χ1n) is 4.44. The van der Waals surface area contributed by atoms with Crippen molar-refractivity contribution in [3.05, 3.63) is 24.3 Å². The van der Waals surface area contributed by atoms with Crippen molar-refractivity contribution in [1.29, 1.82) is 0 Å². The molecule has 0 bridgehead atoms. The highest BCUT2D eigenvalue weighted by molar-refractivity contribution is 6.89. The Morgan fingerprint density at radius 2 is 2.15 bits per heavy atom. The molecular weight excluding hydrogens is 176 g/mol. The first-order valence-corrected chi connectivity index (χ1v) is 7.94. The lowest BCUT2D eigenvalue weighted by molar-refractivity contribution is 1.14. The van der Waals surface area contributed by atoms with Crippen LogP contribution in [0.1, 0.15) is 0 Å². The Morgan fingerprint density at radius 3 is 2.85 bits per heavy atom. The zero-order valence-electron chi connectivity index (χ0n) is 8.18. The van der Waals surface area contributed by atoms with E-state index in [1.165, 1.54) is 10.7 Å². The monoisotopic (exact) mass is 189 g/mol. The number of hydrogen-bond donors (Lipinski definition) is 1. The lowest BCUT2D eigenvalue weighted by Crippen LogP contribution is -2.39. The molecule has 0 fully saturated rings. The molecular formula is C10H13N2Si. The van der Waals surface area contributed by atoms with Gasteiger partial charge in [-0.05, 0) is 12.1 Å². The van der Waals surface area contributed by atoms with Gasteiger partial charge in [-0.3, -0.25) is 5.10 Å². The largest absolute Gasteiger partial charge is 0.278 e. The van der Waals surface area contributed by atoms with Crippen LogP contribution in [0.25, 0.3) is 10.9 Å². The second-order valence-corrected chi connectivity index (χ2v) is 9.25. The highest BCUT2D eigenvalue weighted by Crippen LogP contribution is 2.11. The third kappa shape index (κ3) is 1.39. The number of nitrogens with one attached hydrogen (secondary N) is 1. The van der Waals surface area contributed by atoms with E-state index in [-0.39, 0.29) is 0 Å². The van der Waals surface area contributed by atoms with Gasteiger partial charge in [0, 0.05) is 5.39 Å². The van der Waals surface area contributed by atoms with Crippen molar-refractivity contribution in [2.24, 2.45) is 0 Å². The number of rotatable bonds is 1. The molecule has 1 aromatic carbocycles. The number of aromatic nitrogens is 2. The molecule has 3 heteroatoms. The zero-order chi connectivity index (χ0) is 9.47. The standard InChI is InChI=1S/C10H13N2Si/c1-13(2,3)10-8-6-4-5-7-9(8)11-12-10/h4-5,7H,1-3H3,(H,11,12). The fraction of sp³-hybridized carbons (Fsp3) is 0.300. The summed E-state index contributed by atoms with van der Waals surface area (Å²) in [6.45, 7) is 6.89. The molecule has 0 saturated carbocycles. The molecule has 0 amide bonds. The minimum absolute atomic E-state index is 1.10. The van der Waals surface area contributed by atoms with E-state index in [4.69, 9.17) is 0 Å². The molecule has 0 saturated heterocycles. The lowest BCUT2D eigenvalue weighted by Gasteiger charge is -2.11. The van der Waals surface area contributed by atoms with E-state index in [9.17, 15) is 0 Å². The quantitative estimate of drug-likeness (QED) is 0.682. The van der Waals surface area contributed by atoms with Crippen LogP contribution in [0, 0.1) is 6.07 Å². The predicted octanol–water partition coefficient (Wildman–Crippen LogP) is 1.91. The Bertz CT molecular complexity index is 426. The molecule has 2 rings (SSSR count). The highest BCUT2D eigenvalue weighted by atomic mass is 28.3. The molecule has 0 aliphatic heterocycles. The average Bonchev–Trinajstić information content (AvgIpc) is 2.45. The first kappa shape index (κ1) is 8.50. The van der Waals surface area contributed by atoms with Crippen LogP contribution in [-0.4, -0.2) is 18.3 Å². The van der Waals surface area contributed by atoms with E-state index in [1.54, 1.807) is 0 Å². The Balaban J connectivity index is 2.72. The summed E-state index contributed by atoms with van der Waals surface area (Å²) >= 11 is 0. The van der Waals surface area contributed by atoms with Crippen LogP contribution in [0.3, 0.4) is 0 Å². The molecule has 0 unspecified atom stereocenters. The van der Waals surface area contributed by atoms with E-state index in [2.05, 4.69) is 35.9 Å². The Morgan fingerprint density at radius 1 is 1.38 bits per heavy atom. The topological polar surface area (TPSA) is 28.7 Å². The summed E-state index contributed by atoms with van der Waals surface area (Å²) in [7, 11) is -1.32. The molecule has 67 valence electrons. The SMILES string of the molecule is C[Si](C)(C)c1n[nH]c2ccc[c]c12. The van der Waals surface area contributed by atoms with Crippen molar-refractivity contribution < 1.29 is 0 Å². The van der Waals surface area contributed by atoms with Crippen LogP contribution in [0.15, 0.2) is 18.2 Å². The number of H-pyrrole nitrogens is 1. The Kier molecular flexibility index (Phi) is 1.77. The molecule has 0 spiro atoms. The van der Waals surface area contributed by atoms with E-state index in [0.717, 1.165) is 5.52 Å². The van der Waals surface area contributed by atoms with Gasteiger partial charge in [0.1, 0.15) is 8.07 Å². The van der Waals surface area contributed by atoms with Gasteiger partial charge in [-0.1, -0.05) is 31.8 Å². The smallest absolute Gasteiger partial charge is 0.104 e. The molecule has 2 nitrogen and oxygen atoms in total. The van der Waals surface area contributed by atoms with Crippen molar-refractivity contribution in [2.45, 2.75) is 19.6 Å². The van der Waals surface area contributed by atoms with Crippen LogP contribution in [-0.2, 0) is 0 Å². The average molecular weight is 189 g/mol. The predicted molar refractivity (Wildman–Crippen MR) is 57.9 cm³/mol. The maximum atomic E-state index is 4.37. The van der Waals surface area contributed by atoms with Gasteiger partial charge in [-0.2, -0.15) is 5.10 Å². The number of aromatic amines is 1. The molecule has 0 aliphatic rings. The van der Waals surface area contributed by atoms with Gasteiger partial charge in [0.2, 0.25) is 0 Å². The van der Waals surface area contributed by atoms with Crippen molar-refractivity contribution in [3.63, 3.8) is 0 Å². The van der Waals surface area contributed by atoms with E-state index in [1.807, 2.05) is 18.2 Å². The number of nitrogens with zero attached hydrogens (tertiary/aromatic N) is 1. The maximum absolute atomic E-state index is 4.37. The molecule has 1 N–H and O–H groups in total. The number of hydrogen-bond acceptors (Lipinski definition) is 1. The fourth-order valence-electron chi connectivity index (χ4n) is 1.44. The third-order valence-electron chi connectivity index (χ3n) is 2.09. The summed E-state index contributed by atoms with van der Waals surface area (Å²) in [6.07, 6.45) is 0. The lowest BCUT2D eigenvalue weighted by atomic mass is 10.3. The summed E-state index contributed by atoms with van der Waals surface area (Å²) in [5.74, 6) is 0. The first-order chi connectivity index (χ1) is 6.09. The molecule has 0 atom stereocenters. The molecule has 1 aromatic heterocycles. The van der Waals surface area contributed by atoms with Crippen molar-refractivity contribution in [1.82, 2.24) is 10.2 Å². The molecule has 2 aromatic rings. The van der Waals surface area contributed by atoms with Gasteiger partial charge in [0.25, 0.3) is 0 Å². The van der Waals surface area contributed by atoms with Crippen LogP contribution in [0.4, 0.5) is 0 Å². The summed E-state index contributed by atoms with van der Waals surface area (Å²) in [5, 5.41) is 9.81. The zero-order valence-corrected chi connectivity index (χ0v) is 9.18. The van der Waals surface area contributed by atoms with Gasteiger partial charge < -0.3 is 0 Å². The normalized spacial score (nSPS) is 12.2. The second kappa shape index (κ2) is 2.70. The molecule has 0 aliphatic carbocycles. The summed E-state index contributed by atoms with van der Waals surface area (Å²) in [4.78, 5) is 0. The summed E-state index contributed by atoms with van der Waals surface area (Å²) < 4.78 is 0. The van der Waals surface area contributed by atoms with E-state index < -0.39 is 8.07 Å². The summed E-state index contributed by atoms with van der Waals surface area (Å²) in [6, 6.07) is 9.22. The van der Waals surface area contributed by atoms with Crippen LogP contribution < -0.4 is 5.32 Å². The number of benzene rings is 1. The van der Waals surface area contributed by atoms with Crippen molar-refractivity contribution >= 4 is 24.3 Å². The van der Waals surface area contributed by atoms with Gasteiger partial charge in [-0.15, -0.1) is 0 Å². The van der Waals surface area contributed by atoms with E-state index >= 15 is 0 Å². The molecule has 1 radical (unpaired) electrons. The van der Waals surface area contributed by atoms with Gasteiger partial charge in [0.05, 0.1) is 10.8 Å². The van der Waals surface area contributed by atoms with Crippen molar-refractivity contribution in [2.75, 3.05) is 0 Å². The van der Waals surface area contributed by atoms with Crippen LogP contribution >= 0.6 is 0 Å². The van der Waals surface area contributed by atoms with Gasteiger partial charge in [-0.25, -0.2) is 0 Å². The molecule has 1 heterocycles. The van der Waals surface area contributed by atoms with Crippen LogP contribution in [0.2, 0.25) is 19.6 Å². The summed E-state index contributed by atoms with van der Waals surface area (Å²) in [5.41, 5.74) is 1.10. The fourth-order valence-corrected chi connectivity index (χ4v) is 2.79. The maximum Gasteiger partial charge on any atom is 0.104 e. The van der Waals surface area contributed by atoms with Gasteiger partial charge in [0.15, 0.2) is 0 Å². The third-order valence-corrected chi connectivity index (χ3v) is 3.87. The van der Waals surface area contributed by atoms with E-state index in [0.29, 0.717) is 0 Å². The second-order valence-electron chi connectivity index (χ2n) is 4.28. The molecule has 13 heavy (non-hydrogen) atoms. The van der Waals surface area contributed by atoms with Crippen LogP contribution in [0.5, 0.6) is 0 Å². The minimum Gasteiger partial charge on any atom is -0.278 e.